The van der Waals surface area contributed by atoms with Crippen molar-refractivity contribution in [1.82, 2.24) is 4.90 Å². The van der Waals surface area contributed by atoms with Gasteiger partial charge in [-0.2, -0.15) is 0 Å². The smallest absolute Gasteiger partial charge is 0.253 e. The zero-order valence-corrected chi connectivity index (χ0v) is 11.9. The molecule has 0 atom stereocenters. The van der Waals surface area contributed by atoms with Gasteiger partial charge in [-0.25, -0.2) is 0 Å². The Kier molecular flexibility index (Phi) is 6.48. The van der Waals surface area contributed by atoms with Crippen LogP contribution in [0, 0.1) is 6.92 Å². The molecule has 100 valence electrons. The topological polar surface area (TPSA) is 20.3 Å². The van der Waals surface area contributed by atoms with Gasteiger partial charge in [0.05, 0.1) is 0 Å². The lowest BCUT2D eigenvalue weighted by atomic mass is 10.1. The van der Waals surface area contributed by atoms with Gasteiger partial charge in [0, 0.05) is 18.7 Å². The molecular formula is C16H25NO. The van der Waals surface area contributed by atoms with Gasteiger partial charge in [0.2, 0.25) is 0 Å². The van der Waals surface area contributed by atoms with Crippen molar-refractivity contribution in [2.45, 2.75) is 46.5 Å². The van der Waals surface area contributed by atoms with Crippen LogP contribution in [0.5, 0.6) is 0 Å². The van der Waals surface area contributed by atoms with Gasteiger partial charge in [-0.1, -0.05) is 44.4 Å². The van der Waals surface area contributed by atoms with Crippen molar-refractivity contribution in [3.05, 3.63) is 35.4 Å². The zero-order chi connectivity index (χ0) is 13.4. The molecule has 18 heavy (non-hydrogen) atoms. The average molecular weight is 247 g/mol. The second-order valence-corrected chi connectivity index (χ2v) is 4.87. The standard InChI is InChI=1S/C16H25NO/c1-4-6-11-17(12-7-5-2)16(18)15-10-8-9-14(3)13-15/h8-10,13H,4-7,11-12H2,1-3H3. The van der Waals surface area contributed by atoms with Gasteiger partial charge in [0.25, 0.3) is 5.91 Å². The number of unbranched alkanes of at least 4 members (excludes halogenated alkanes) is 2. The van der Waals surface area contributed by atoms with Crippen LogP contribution >= 0.6 is 0 Å². The Hall–Kier alpha value is -1.31. The Bertz CT molecular complexity index is 365. The highest BCUT2D eigenvalue weighted by Crippen LogP contribution is 2.10. The molecule has 0 aliphatic heterocycles. The van der Waals surface area contributed by atoms with Gasteiger partial charge in [0.15, 0.2) is 0 Å². The molecule has 0 spiro atoms. The van der Waals surface area contributed by atoms with E-state index in [4.69, 9.17) is 0 Å². The summed E-state index contributed by atoms with van der Waals surface area (Å²) < 4.78 is 0. The molecule has 0 unspecified atom stereocenters. The molecule has 0 fully saturated rings. The molecule has 0 heterocycles. The van der Waals surface area contributed by atoms with Crippen LogP contribution in [0.2, 0.25) is 0 Å². The van der Waals surface area contributed by atoms with Crippen LogP contribution in [0.4, 0.5) is 0 Å². The van der Waals surface area contributed by atoms with Crippen molar-refractivity contribution >= 4 is 5.91 Å². The average Bonchev–Trinajstić information content (AvgIpc) is 2.38. The molecule has 2 nitrogen and oxygen atoms in total. The lowest BCUT2D eigenvalue weighted by Crippen LogP contribution is -2.32. The van der Waals surface area contributed by atoms with Gasteiger partial charge in [-0.15, -0.1) is 0 Å². The molecule has 0 radical (unpaired) electrons. The van der Waals surface area contributed by atoms with E-state index in [1.807, 2.05) is 36.1 Å². The lowest BCUT2D eigenvalue weighted by molar-refractivity contribution is 0.0751. The molecule has 1 amide bonds. The number of benzene rings is 1. The van der Waals surface area contributed by atoms with Crippen molar-refractivity contribution in [3.63, 3.8) is 0 Å². The summed E-state index contributed by atoms with van der Waals surface area (Å²) in [5.41, 5.74) is 1.97. The predicted octanol–water partition coefficient (Wildman–Crippen LogP) is 4.04. The number of carbonyl (C=O) groups excluding carboxylic acids is 1. The minimum atomic E-state index is 0.181. The highest BCUT2D eigenvalue weighted by molar-refractivity contribution is 5.94. The quantitative estimate of drug-likeness (QED) is 0.712. The fraction of sp³-hybridized carbons (Fsp3) is 0.562. The molecule has 0 aliphatic carbocycles. The molecule has 1 rings (SSSR count). The van der Waals surface area contributed by atoms with Gasteiger partial charge in [-0.05, 0) is 31.9 Å². The normalized spacial score (nSPS) is 10.4. The molecule has 1 aromatic carbocycles. The van der Waals surface area contributed by atoms with Gasteiger partial charge in [0.1, 0.15) is 0 Å². The Labute approximate surface area is 111 Å². The summed E-state index contributed by atoms with van der Waals surface area (Å²) in [5.74, 6) is 0.181. The van der Waals surface area contributed by atoms with E-state index in [-0.39, 0.29) is 5.91 Å². The maximum absolute atomic E-state index is 12.4. The van der Waals surface area contributed by atoms with E-state index in [0.29, 0.717) is 0 Å². The number of carbonyl (C=O) groups is 1. The van der Waals surface area contributed by atoms with Gasteiger partial charge < -0.3 is 4.90 Å². The van der Waals surface area contributed by atoms with Crippen molar-refractivity contribution in [1.29, 1.82) is 0 Å². The predicted molar refractivity (Wildman–Crippen MR) is 76.9 cm³/mol. The third kappa shape index (κ3) is 4.52. The first-order valence-corrected chi connectivity index (χ1v) is 7.05. The van der Waals surface area contributed by atoms with E-state index in [1.165, 1.54) is 0 Å². The molecule has 2 heteroatoms. The third-order valence-electron chi connectivity index (χ3n) is 3.12. The van der Waals surface area contributed by atoms with Crippen LogP contribution in [-0.4, -0.2) is 23.9 Å². The van der Waals surface area contributed by atoms with Crippen LogP contribution in [0.25, 0.3) is 0 Å². The maximum atomic E-state index is 12.4. The Balaban J connectivity index is 2.73. The zero-order valence-electron chi connectivity index (χ0n) is 11.9. The summed E-state index contributed by atoms with van der Waals surface area (Å²) in [6.45, 7) is 8.11. The second kappa shape index (κ2) is 7.91. The highest BCUT2D eigenvalue weighted by atomic mass is 16.2. The molecular weight excluding hydrogens is 222 g/mol. The molecule has 0 aromatic heterocycles. The van der Waals surface area contributed by atoms with E-state index in [2.05, 4.69) is 13.8 Å². The van der Waals surface area contributed by atoms with E-state index in [9.17, 15) is 4.79 Å². The molecule has 0 saturated carbocycles. The van der Waals surface area contributed by atoms with E-state index in [0.717, 1.165) is 49.9 Å². The largest absolute Gasteiger partial charge is 0.339 e. The minimum absolute atomic E-state index is 0.181. The van der Waals surface area contributed by atoms with Crippen LogP contribution in [0.1, 0.15) is 55.5 Å². The summed E-state index contributed by atoms with van der Waals surface area (Å²) in [6, 6.07) is 7.88. The molecule has 0 saturated heterocycles. The Morgan fingerprint density at radius 1 is 1.11 bits per heavy atom. The first-order valence-electron chi connectivity index (χ1n) is 7.05. The number of nitrogens with zero attached hydrogens (tertiary/aromatic N) is 1. The number of hydrogen-bond donors (Lipinski definition) is 0. The second-order valence-electron chi connectivity index (χ2n) is 4.87. The van der Waals surface area contributed by atoms with Crippen molar-refractivity contribution in [2.75, 3.05) is 13.1 Å². The third-order valence-corrected chi connectivity index (χ3v) is 3.12. The van der Waals surface area contributed by atoms with Crippen LogP contribution in [0.3, 0.4) is 0 Å². The molecule has 0 bridgehead atoms. The number of aryl methyl sites for hydroxylation is 1. The first-order chi connectivity index (χ1) is 8.69. The highest BCUT2D eigenvalue weighted by Gasteiger charge is 2.14. The Morgan fingerprint density at radius 3 is 2.22 bits per heavy atom. The van der Waals surface area contributed by atoms with Crippen LogP contribution in [0.15, 0.2) is 24.3 Å². The number of amides is 1. The van der Waals surface area contributed by atoms with Gasteiger partial charge in [-0.3, -0.25) is 4.79 Å². The summed E-state index contributed by atoms with van der Waals surface area (Å²) in [5, 5.41) is 0. The fourth-order valence-electron chi connectivity index (χ4n) is 1.97. The summed E-state index contributed by atoms with van der Waals surface area (Å²) in [4.78, 5) is 14.4. The van der Waals surface area contributed by atoms with E-state index < -0.39 is 0 Å². The van der Waals surface area contributed by atoms with Crippen molar-refractivity contribution in [2.24, 2.45) is 0 Å². The summed E-state index contributed by atoms with van der Waals surface area (Å²) in [7, 11) is 0. The number of hydrogen-bond acceptors (Lipinski definition) is 1. The SMILES string of the molecule is CCCCN(CCCC)C(=O)c1cccc(C)c1. The van der Waals surface area contributed by atoms with E-state index in [1.54, 1.807) is 0 Å². The van der Waals surface area contributed by atoms with Gasteiger partial charge >= 0.3 is 0 Å². The van der Waals surface area contributed by atoms with Crippen LogP contribution < -0.4 is 0 Å². The summed E-state index contributed by atoms with van der Waals surface area (Å²) >= 11 is 0. The fourth-order valence-corrected chi connectivity index (χ4v) is 1.97. The first kappa shape index (κ1) is 14.7. The van der Waals surface area contributed by atoms with Crippen molar-refractivity contribution in [3.8, 4) is 0 Å². The number of rotatable bonds is 7. The molecule has 0 aliphatic rings. The Morgan fingerprint density at radius 2 is 1.72 bits per heavy atom. The lowest BCUT2D eigenvalue weighted by Gasteiger charge is -2.22. The summed E-state index contributed by atoms with van der Waals surface area (Å²) in [6.07, 6.45) is 4.43. The van der Waals surface area contributed by atoms with E-state index >= 15 is 0 Å². The minimum Gasteiger partial charge on any atom is -0.339 e. The van der Waals surface area contributed by atoms with Crippen LogP contribution in [-0.2, 0) is 0 Å². The molecule has 1 aromatic rings. The van der Waals surface area contributed by atoms with Crippen molar-refractivity contribution < 1.29 is 4.79 Å². The molecule has 0 N–H and O–H groups in total. The maximum Gasteiger partial charge on any atom is 0.253 e. The monoisotopic (exact) mass is 247 g/mol.